The van der Waals surface area contributed by atoms with Gasteiger partial charge in [0.05, 0.1) is 10.0 Å². The molecule has 6 heteroatoms. The van der Waals surface area contributed by atoms with Crippen LogP contribution in [0.3, 0.4) is 0 Å². The Labute approximate surface area is 113 Å². The van der Waals surface area contributed by atoms with Gasteiger partial charge in [0, 0.05) is 0 Å². The topological polar surface area (TPSA) is 23.5 Å². The van der Waals surface area contributed by atoms with Crippen LogP contribution in [-0.4, -0.2) is 30.6 Å². The Morgan fingerprint density at radius 1 is 1.28 bits per heavy atom. The van der Waals surface area contributed by atoms with E-state index in [-0.39, 0.29) is 10.2 Å². The lowest BCUT2D eigenvalue weighted by molar-refractivity contribution is -0.137. The van der Waals surface area contributed by atoms with Gasteiger partial charge < -0.3 is 10.0 Å². The maximum absolute atomic E-state index is 12.6. The summed E-state index contributed by atoms with van der Waals surface area (Å²) in [6, 6.07) is 1.90. The number of aromatic hydroxyl groups is 1. The molecule has 0 fully saturated rings. The molecule has 0 radical (unpaired) electrons. The van der Waals surface area contributed by atoms with Crippen molar-refractivity contribution in [1.82, 2.24) is 4.90 Å². The summed E-state index contributed by atoms with van der Waals surface area (Å²) >= 11 is 2.95. The van der Waals surface area contributed by atoms with Crippen molar-refractivity contribution in [1.29, 1.82) is 0 Å². The molecule has 0 spiro atoms. The van der Waals surface area contributed by atoms with Crippen LogP contribution in [0, 0.1) is 0 Å². The van der Waals surface area contributed by atoms with Crippen LogP contribution in [0.25, 0.3) is 0 Å². The molecule has 0 aliphatic heterocycles. The summed E-state index contributed by atoms with van der Waals surface area (Å²) in [6.07, 6.45) is -3.30. The SMILES string of the molecule is CN(C)CCCc1cc(C(F)(F)F)cc(Br)c1O. The third-order valence-electron chi connectivity index (χ3n) is 2.52. The van der Waals surface area contributed by atoms with E-state index in [0.717, 1.165) is 18.7 Å². The summed E-state index contributed by atoms with van der Waals surface area (Å²) in [6.45, 7) is 0.757. The lowest BCUT2D eigenvalue weighted by Crippen LogP contribution is -2.13. The molecular weight excluding hydrogens is 311 g/mol. The van der Waals surface area contributed by atoms with Gasteiger partial charge in [0.25, 0.3) is 0 Å². The Balaban J connectivity index is 2.93. The number of aryl methyl sites for hydroxylation is 1. The first-order valence-corrected chi connectivity index (χ1v) is 6.24. The average molecular weight is 326 g/mol. The van der Waals surface area contributed by atoms with Crippen molar-refractivity contribution >= 4 is 15.9 Å². The largest absolute Gasteiger partial charge is 0.506 e. The third-order valence-corrected chi connectivity index (χ3v) is 3.13. The molecule has 0 saturated heterocycles. The number of halogens is 4. The Bertz CT molecular complexity index is 419. The predicted octanol–water partition coefficient (Wildman–Crippen LogP) is 3.67. The van der Waals surface area contributed by atoms with Gasteiger partial charge in [-0.15, -0.1) is 0 Å². The Morgan fingerprint density at radius 2 is 1.89 bits per heavy atom. The molecule has 0 aliphatic rings. The van der Waals surface area contributed by atoms with Gasteiger partial charge in [0.2, 0.25) is 0 Å². The van der Waals surface area contributed by atoms with E-state index >= 15 is 0 Å². The van der Waals surface area contributed by atoms with E-state index in [1.54, 1.807) is 0 Å². The molecule has 0 amide bonds. The molecule has 0 aliphatic carbocycles. The van der Waals surface area contributed by atoms with Crippen LogP contribution in [0.4, 0.5) is 13.2 Å². The standard InChI is InChI=1S/C12H15BrF3NO/c1-17(2)5-3-4-8-6-9(12(14,15)16)7-10(13)11(8)18/h6-7,18H,3-5H2,1-2H3. The van der Waals surface area contributed by atoms with E-state index in [1.807, 2.05) is 19.0 Å². The fourth-order valence-electron chi connectivity index (χ4n) is 1.60. The van der Waals surface area contributed by atoms with Crippen molar-refractivity contribution in [2.45, 2.75) is 19.0 Å². The van der Waals surface area contributed by atoms with Crippen molar-refractivity contribution in [2.75, 3.05) is 20.6 Å². The minimum Gasteiger partial charge on any atom is -0.506 e. The minimum absolute atomic E-state index is 0.0807. The van der Waals surface area contributed by atoms with E-state index < -0.39 is 11.7 Å². The Kier molecular flexibility index (Phi) is 5.04. The summed E-state index contributed by atoms with van der Waals surface area (Å²) < 4.78 is 37.9. The average Bonchev–Trinajstić information content (AvgIpc) is 2.22. The van der Waals surface area contributed by atoms with Crippen molar-refractivity contribution in [3.05, 3.63) is 27.7 Å². The second kappa shape index (κ2) is 5.93. The number of phenolic OH excluding ortho intramolecular Hbond substituents is 1. The van der Waals surface area contributed by atoms with Crippen LogP contribution in [0.15, 0.2) is 16.6 Å². The first kappa shape index (κ1) is 15.3. The molecule has 1 aromatic carbocycles. The van der Waals surface area contributed by atoms with E-state index in [2.05, 4.69) is 15.9 Å². The summed E-state index contributed by atoms with van der Waals surface area (Å²) in [7, 11) is 3.78. The van der Waals surface area contributed by atoms with Crippen LogP contribution in [-0.2, 0) is 12.6 Å². The molecule has 0 bridgehead atoms. The van der Waals surface area contributed by atoms with E-state index in [9.17, 15) is 18.3 Å². The first-order chi connectivity index (χ1) is 8.21. The van der Waals surface area contributed by atoms with Gasteiger partial charge in [-0.3, -0.25) is 0 Å². The maximum Gasteiger partial charge on any atom is 0.416 e. The van der Waals surface area contributed by atoms with E-state index in [0.29, 0.717) is 18.4 Å². The second-order valence-electron chi connectivity index (χ2n) is 4.37. The normalized spacial score (nSPS) is 12.2. The molecule has 1 aromatic rings. The Hall–Kier alpha value is -0.750. The third kappa shape index (κ3) is 4.17. The van der Waals surface area contributed by atoms with Crippen molar-refractivity contribution < 1.29 is 18.3 Å². The summed E-state index contributed by atoms with van der Waals surface area (Å²) in [5, 5.41) is 9.73. The summed E-state index contributed by atoms with van der Waals surface area (Å²) in [4.78, 5) is 1.94. The van der Waals surface area contributed by atoms with Crippen molar-refractivity contribution in [2.24, 2.45) is 0 Å². The molecule has 2 nitrogen and oxygen atoms in total. The predicted molar refractivity (Wildman–Crippen MR) is 67.7 cm³/mol. The van der Waals surface area contributed by atoms with Crippen molar-refractivity contribution in [3.63, 3.8) is 0 Å². The highest BCUT2D eigenvalue weighted by Gasteiger charge is 2.31. The number of benzene rings is 1. The van der Waals surface area contributed by atoms with Crippen LogP contribution in [0.2, 0.25) is 0 Å². The van der Waals surface area contributed by atoms with Gasteiger partial charge in [-0.05, 0) is 67.1 Å². The van der Waals surface area contributed by atoms with Gasteiger partial charge in [0.15, 0.2) is 0 Å². The monoisotopic (exact) mass is 325 g/mol. The molecular formula is C12H15BrF3NO. The van der Waals surface area contributed by atoms with Crippen LogP contribution >= 0.6 is 15.9 Å². The zero-order valence-corrected chi connectivity index (χ0v) is 11.8. The van der Waals surface area contributed by atoms with Gasteiger partial charge in [0.1, 0.15) is 5.75 Å². The lowest BCUT2D eigenvalue weighted by Gasteiger charge is -2.13. The fraction of sp³-hybridized carbons (Fsp3) is 0.500. The second-order valence-corrected chi connectivity index (χ2v) is 5.22. The van der Waals surface area contributed by atoms with Crippen LogP contribution in [0.5, 0.6) is 5.75 Å². The van der Waals surface area contributed by atoms with Crippen LogP contribution < -0.4 is 0 Å². The van der Waals surface area contributed by atoms with Gasteiger partial charge >= 0.3 is 6.18 Å². The van der Waals surface area contributed by atoms with Gasteiger partial charge in [-0.1, -0.05) is 0 Å². The number of alkyl halides is 3. The highest BCUT2D eigenvalue weighted by Crippen LogP contribution is 2.37. The van der Waals surface area contributed by atoms with Crippen molar-refractivity contribution in [3.8, 4) is 5.75 Å². The quantitative estimate of drug-likeness (QED) is 0.913. The molecule has 0 unspecified atom stereocenters. The number of nitrogens with zero attached hydrogens (tertiary/aromatic N) is 1. The molecule has 0 heterocycles. The highest BCUT2D eigenvalue weighted by atomic mass is 79.9. The maximum atomic E-state index is 12.6. The molecule has 0 atom stereocenters. The van der Waals surface area contributed by atoms with E-state index in [4.69, 9.17) is 0 Å². The molecule has 0 saturated carbocycles. The fourth-order valence-corrected chi connectivity index (χ4v) is 2.10. The lowest BCUT2D eigenvalue weighted by atomic mass is 10.0. The molecule has 1 N–H and O–H groups in total. The van der Waals surface area contributed by atoms with Gasteiger partial charge in [-0.2, -0.15) is 13.2 Å². The van der Waals surface area contributed by atoms with Crippen LogP contribution in [0.1, 0.15) is 17.5 Å². The van der Waals surface area contributed by atoms with Gasteiger partial charge in [-0.25, -0.2) is 0 Å². The molecule has 1 rings (SSSR count). The Morgan fingerprint density at radius 3 is 2.39 bits per heavy atom. The number of hydrogen-bond donors (Lipinski definition) is 1. The van der Waals surface area contributed by atoms with E-state index in [1.165, 1.54) is 0 Å². The smallest absolute Gasteiger partial charge is 0.416 e. The molecule has 18 heavy (non-hydrogen) atoms. The zero-order valence-electron chi connectivity index (χ0n) is 10.2. The molecule has 0 aromatic heterocycles. The number of hydrogen-bond acceptors (Lipinski definition) is 2. The summed E-state index contributed by atoms with van der Waals surface area (Å²) in [5.74, 6) is -0.109. The first-order valence-electron chi connectivity index (χ1n) is 5.45. The highest BCUT2D eigenvalue weighted by molar-refractivity contribution is 9.10. The zero-order chi connectivity index (χ0) is 13.9. The molecule has 102 valence electrons. The number of rotatable bonds is 4. The number of phenols is 1. The summed E-state index contributed by atoms with van der Waals surface area (Å²) in [5.41, 5.74) is -0.425. The minimum atomic E-state index is -4.40.